The number of benzene rings is 2. The van der Waals surface area contributed by atoms with Crippen molar-refractivity contribution in [3.63, 3.8) is 0 Å². The molecule has 4 N–H and O–H groups in total. The summed E-state index contributed by atoms with van der Waals surface area (Å²) in [5.41, 5.74) is 1.36. The van der Waals surface area contributed by atoms with Crippen LogP contribution >= 0.6 is 0 Å². The van der Waals surface area contributed by atoms with Gasteiger partial charge in [-0.1, -0.05) is 39.5 Å². The van der Waals surface area contributed by atoms with Crippen LogP contribution in [0.2, 0.25) is 0 Å². The normalized spacial score (nSPS) is 13.6. The lowest BCUT2D eigenvalue weighted by Gasteiger charge is -2.32. The summed E-state index contributed by atoms with van der Waals surface area (Å²) >= 11 is 0. The summed E-state index contributed by atoms with van der Waals surface area (Å²) in [5.74, 6) is 2.38. The molecule has 0 unspecified atom stereocenters. The minimum Gasteiger partial charge on any atom is -0.494 e. The second-order valence-corrected chi connectivity index (χ2v) is 12.3. The molecule has 0 saturated carbocycles. The summed E-state index contributed by atoms with van der Waals surface area (Å²) in [7, 11) is 0. The molecule has 3 rings (SSSR count). The lowest BCUT2D eigenvalue weighted by atomic mass is 9.92. The summed E-state index contributed by atoms with van der Waals surface area (Å²) in [6, 6.07) is 14.8. The third-order valence-corrected chi connectivity index (χ3v) is 8.45. The van der Waals surface area contributed by atoms with Gasteiger partial charge in [0.25, 0.3) is 0 Å². The number of hydrogen-bond donors (Lipinski definition) is 4. The van der Waals surface area contributed by atoms with E-state index in [2.05, 4.69) is 29.4 Å². The molecule has 2 aromatic rings. The molecular formula is C37H55N5O4. The number of ether oxygens (including phenoxy) is 2. The van der Waals surface area contributed by atoms with Crippen molar-refractivity contribution in [1.82, 2.24) is 15.5 Å². The van der Waals surface area contributed by atoms with Gasteiger partial charge in [0.05, 0.1) is 13.2 Å². The Labute approximate surface area is 275 Å². The molecule has 0 bridgehead atoms. The second kappa shape index (κ2) is 21.1. The number of amidine groups is 2. The first-order valence-corrected chi connectivity index (χ1v) is 17.3. The van der Waals surface area contributed by atoms with Crippen molar-refractivity contribution >= 4 is 23.5 Å². The first-order valence-electron chi connectivity index (χ1n) is 17.3. The van der Waals surface area contributed by atoms with E-state index in [-0.39, 0.29) is 23.5 Å². The van der Waals surface area contributed by atoms with Crippen molar-refractivity contribution in [2.24, 2.45) is 5.92 Å². The minimum atomic E-state index is -0.101. The van der Waals surface area contributed by atoms with Crippen molar-refractivity contribution in [1.29, 1.82) is 10.8 Å². The molecule has 1 heterocycles. The molecular weight excluding hydrogens is 578 g/mol. The minimum absolute atomic E-state index is 0.0993. The van der Waals surface area contributed by atoms with E-state index in [1.54, 1.807) is 0 Å². The predicted octanol–water partition coefficient (Wildman–Crippen LogP) is 7.07. The topological polar surface area (TPSA) is 128 Å². The summed E-state index contributed by atoms with van der Waals surface area (Å²) in [6.07, 6.45) is 12.4. The Morgan fingerprint density at radius 1 is 0.696 bits per heavy atom. The fraction of sp³-hybridized carbons (Fsp3) is 0.568. The van der Waals surface area contributed by atoms with Crippen molar-refractivity contribution in [2.75, 3.05) is 32.8 Å². The monoisotopic (exact) mass is 633 g/mol. The van der Waals surface area contributed by atoms with Gasteiger partial charge in [-0.25, -0.2) is 0 Å². The van der Waals surface area contributed by atoms with Crippen LogP contribution in [-0.2, 0) is 9.59 Å². The summed E-state index contributed by atoms with van der Waals surface area (Å²) in [5, 5.41) is 21.6. The van der Waals surface area contributed by atoms with E-state index < -0.39 is 0 Å². The molecule has 9 nitrogen and oxygen atoms in total. The van der Waals surface area contributed by atoms with Crippen LogP contribution in [0.5, 0.6) is 11.5 Å². The fourth-order valence-electron chi connectivity index (χ4n) is 5.59. The maximum Gasteiger partial charge on any atom is 0.225 e. The smallest absolute Gasteiger partial charge is 0.225 e. The zero-order chi connectivity index (χ0) is 33.0. The standard InChI is InChI=1S/C37H55N5O4/c1-3-5-7-12-34(43)40-36(38)30-14-18-32(19-15-30)45-27-9-11-29-22-25-42(26-23-29)24-10-28-46-33-20-16-31(17-21-33)37(39)41-35(44)13-8-6-4-2/h14-21,29H,3-13,22-28H2,1-2H3,(H2,38,40,43)(H2,39,41,44). The molecule has 0 spiro atoms. The van der Waals surface area contributed by atoms with Crippen LogP contribution in [0, 0.1) is 16.7 Å². The quantitative estimate of drug-likeness (QED) is 0.0705. The summed E-state index contributed by atoms with van der Waals surface area (Å²) in [6.45, 7) is 8.80. The van der Waals surface area contributed by atoms with Gasteiger partial charge < -0.3 is 25.0 Å². The summed E-state index contributed by atoms with van der Waals surface area (Å²) in [4.78, 5) is 26.5. The number of piperidine rings is 1. The average Bonchev–Trinajstić information content (AvgIpc) is 3.06. The molecule has 1 fully saturated rings. The van der Waals surface area contributed by atoms with Crippen LogP contribution in [0.3, 0.4) is 0 Å². The van der Waals surface area contributed by atoms with E-state index in [4.69, 9.17) is 20.3 Å². The Balaban J connectivity index is 1.22. The van der Waals surface area contributed by atoms with Crippen LogP contribution in [0.15, 0.2) is 48.5 Å². The van der Waals surface area contributed by atoms with Crippen molar-refractivity contribution in [2.45, 2.75) is 97.3 Å². The molecule has 9 heteroatoms. The highest BCUT2D eigenvalue weighted by atomic mass is 16.5. The molecule has 0 aliphatic carbocycles. The zero-order valence-corrected chi connectivity index (χ0v) is 28.0. The van der Waals surface area contributed by atoms with Gasteiger partial charge in [0.15, 0.2) is 0 Å². The maximum absolute atomic E-state index is 12.0. The van der Waals surface area contributed by atoms with Gasteiger partial charge in [0.1, 0.15) is 23.2 Å². The van der Waals surface area contributed by atoms with Gasteiger partial charge in [0, 0.05) is 30.5 Å². The molecule has 1 aliphatic heterocycles. The van der Waals surface area contributed by atoms with Gasteiger partial charge in [0.2, 0.25) is 11.8 Å². The van der Waals surface area contributed by atoms with Crippen LogP contribution in [0.25, 0.3) is 0 Å². The number of likely N-dealkylation sites (tertiary alicyclic amines) is 1. The average molecular weight is 634 g/mol. The van der Waals surface area contributed by atoms with Crippen LogP contribution < -0.4 is 20.1 Å². The van der Waals surface area contributed by atoms with Gasteiger partial charge >= 0.3 is 0 Å². The van der Waals surface area contributed by atoms with E-state index >= 15 is 0 Å². The number of amides is 2. The first kappa shape index (κ1) is 36.7. The molecule has 46 heavy (non-hydrogen) atoms. The van der Waals surface area contributed by atoms with Gasteiger partial charge in [-0.2, -0.15) is 0 Å². The lowest BCUT2D eigenvalue weighted by Crippen LogP contribution is -2.35. The second-order valence-electron chi connectivity index (χ2n) is 12.3. The lowest BCUT2D eigenvalue weighted by molar-refractivity contribution is -0.120. The molecule has 1 saturated heterocycles. The van der Waals surface area contributed by atoms with Gasteiger partial charge in [-0.3, -0.25) is 20.4 Å². The molecule has 1 aliphatic rings. The Kier molecular flexibility index (Phi) is 16.9. The number of nitrogens with one attached hydrogen (secondary N) is 4. The van der Waals surface area contributed by atoms with Crippen molar-refractivity contribution in [3.8, 4) is 11.5 Å². The van der Waals surface area contributed by atoms with E-state index in [1.807, 2.05) is 48.5 Å². The van der Waals surface area contributed by atoms with E-state index in [0.29, 0.717) is 37.2 Å². The van der Waals surface area contributed by atoms with Crippen LogP contribution in [0.4, 0.5) is 0 Å². The number of rotatable bonds is 20. The van der Waals surface area contributed by atoms with Crippen LogP contribution in [0.1, 0.15) is 108 Å². The third kappa shape index (κ3) is 14.1. The van der Waals surface area contributed by atoms with E-state index in [0.717, 1.165) is 88.4 Å². The number of carbonyl (C=O) groups excluding carboxylic acids is 2. The highest BCUT2D eigenvalue weighted by Gasteiger charge is 2.18. The van der Waals surface area contributed by atoms with Gasteiger partial charge in [-0.15, -0.1) is 0 Å². The van der Waals surface area contributed by atoms with Crippen molar-refractivity contribution in [3.05, 3.63) is 59.7 Å². The Hall–Kier alpha value is -3.72. The first-order chi connectivity index (χ1) is 22.4. The van der Waals surface area contributed by atoms with Crippen molar-refractivity contribution < 1.29 is 19.1 Å². The number of nitrogens with zero attached hydrogens (tertiary/aromatic N) is 1. The largest absolute Gasteiger partial charge is 0.494 e. The third-order valence-electron chi connectivity index (χ3n) is 8.45. The van der Waals surface area contributed by atoms with E-state index in [9.17, 15) is 9.59 Å². The van der Waals surface area contributed by atoms with E-state index in [1.165, 1.54) is 19.3 Å². The summed E-state index contributed by atoms with van der Waals surface area (Å²) < 4.78 is 11.9. The fourth-order valence-corrected chi connectivity index (χ4v) is 5.59. The number of unbranched alkanes of at least 4 members (excludes halogenated alkanes) is 4. The Bertz CT molecular complexity index is 1110. The molecule has 0 aromatic heterocycles. The highest BCUT2D eigenvalue weighted by molar-refractivity contribution is 6.06. The Morgan fingerprint density at radius 3 is 1.61 bits per heavy atom. The molecule has 0 radical (unpaired) electrons. The highest BCUT2D eigenvalue weighted by Crippen LogP contribution is 2.23. The maximum atomic E-state index is 12.0. The number of hydrogen-bond acceptors (Lipinski definition) is 7. The molecule has 252 valence electrons. The SMILES string of the molecule is CCCCCC(=O)NC(=N)c1ccc(OCCCC2CCN(CCCOc3ccc(C(=N)NC(=O)CCCCC)cc3)CC2)cc1. The molecule has 0 atom stereocenters. The van der Waals surface area contributed by atoms with Gasteiger partial charge in [-0.05, 0) is 112 Å². The van der Waals surface area contributed by atoms with Crippen LogP contribution in [-0.4, -0.2) is 61.2 Å². The Morgan fingerprint density at radius 2 is 1.15 bits per heavy atom. The zero-order valence-electron chi connectivity index (χ0n) is 28.0. The number of carbonyl (C=O) groups is 2. The predicted molar refractivity (Wildman–Crippen MR) is 185 cm³/mol. The molecule has 2 amide bonds. The molecule has 2 aromatic carbocycles.